The largest absolute Gasteiger partial charge is 0.467 e. The monoisotopic (exact) mass is 501 g/mol. The highest BCUT2D eigenvalue weighted by molar-refractivity contribution is 5.98. The molecule has 2 aromatic carbocycles. The van der Waals surface area contributed by atoms with Crippen LogP contribution in [-0.4, -0.2) is 72.8 Å². The van der Waals surface area contributed by atoms with Crippen molar-refractivity contribution in [3.63, 3.8) is 0 Å². The number of methoxy groups -OCH3 is 1. The van der Waals surface area contributed by atoms with Crippen LogP contribution in [0.15, 0.2) is 60.7 Å². The van der Waals surface area contributed by atoms with Gasteiger partial charge in [-0.1, -0.05) is 42.3 Å². The van der Waals surface area contributed by atoms with Crippen molar-refractivity contribution < 1.29 is 23.9 Å². The quantitative estimate of drug-likeness (QED) is 0.501. The second kappa shape index (κ2) is 11.7. The molecule has 0 radical (unpaired) electrons. The third-order valence-electron chi connectivity index (χ3n) is 7.20. The topological polar surface area (TPSA) is 96.0 Å². The van der Waals surface area contributed by atoms with Gasteiger partial charge in [0.25, 0.3) is 11.8 Å². The highest BCUT2D eigenvalue weighted by Gasteiger charge is 2.43. The summed E-state index contributed by atoms with van der Waals surface area (Å²) in [6.45, 7) is 2.36. The van der Waals surface area contributed by atoms with Gasteiger partial charge in [-0.15, -0.1) is 0 Å². The van der Waals surface area contributed by atoms with Crippen LogP contribution in [0.3, 0.4) is 0 Å². The molecule has 1 spiro atoms. The Morgan fingerprint density at radius 2 is 1.51 bits per heavy atom. The van der Waals surface area contributed by atoms with E-state index in [-0.39, 0.29) is 23.7 Å². The lowest BCUT2D eigenvalue weighted by Crippen LogP contribution is -2.46. The molecule has 0 bridgehead atoms. The lowest BCUT2D eigenvalue weighted by atomic mass is 9.78. The van der Waals surface area contributed by atoms with Crippen molar-refractivity contribution in [2.24, 2.45) is 5.41 Å². The molecule has 2 fully saturated rings. The first kappa shape index (κ1) is 26.0. The van der Waals surface area contributed by atoms with Crippen LogP contribution >= 0.6 is 0 Å². The molecule has 3 amide bonds. The van der Waals surface area contributed by atoms with Crippen molar-refractivity contribution in [2.75, 3.05) is 33.3 Å². The van der Waals surface area contributed by atoms with E-state index in [0.29, 0.717) is 31.7 Å². The predicted molar refractivity (Wildman–Crippen MR) is 137 cm³/mol. The maximum Gasteiger partial charge on any atom is 0.328 e. The summed E-state index contributed by atoms with van der Waals surface area (Å²) in [4.78, 5) is 54.1. The summed E-state index contributed by atoms with van der Waals surface area (Å²) < 4.78 is 4.83. The molecule has 2 aliphatic rings. The molecule has 4 rings (SSSR count). The summed E-state index contributed by atoms with van der Waals surface area (Å²) in [7, 11) is 1.23. The molecular formula is C29H31N3O5. The summed E-state index contributed by atoms with van der Waals surface area (Å²) in [6, 6.07) is 16.9. The lowest BCUT2D eigenvalue weighted by molar-refractivity contribution is -0.146. The van der Waals surface area contributed by atoms with Gasteiger partial charge in [-0.3, -0.25) is 14.4 Å². The lowest BCUT2D eigenvalue weighted by Gasteiger charge is -2.38. The normalized spacial score (nSPS) is 16.9. The predicted octanol–water partition coefficient (Wildman–Crippen LogP) is 2.24. The van der Waals surface area contributed by atoms with E-state index in [1.54, 1.807) is 40.1 Å². The minimum atomic E-state index is -1.07. The molecule has 1 atom stereocenters. The number of nitrogens with one attached hydrogen (secondary N) is 1. The van der Waals surface area contributed by atoms with Crippen LogP contribution in [0, 0.1) is 17.3 Å². The summed E-state index contributed by atoms with van der Waals surface area (Å²) in [6.07, 6.45) is 2.26. The van der Waals surface area contributed by atoms with Crippen molar-refractivity contribution in [3.8, 4) is 11.8 Å². The van der Waals surface area contributed by atoms with Gasteiger partial charge in [0.2, 0.25) is 5.91 Å². The fraction of sp³-hybridized carbons (Fsp3) is 0.379. The second-order valence-electron chi connectivity index (χ2n) is 9.59. The van der Waals surface area contributed by atoms with E-state index >= 15 is 0 Å². The van der Waals surface area contributed by atoms with Crippen LogP contribution in [0.25, 0.3) is 0 Å². The number of carbonyl (C=O) groups excluding carboxylic acids is 4. The molecule has 2 heterocycles. The van der Waals surface area contributed by atoms with E-state index < -0.39 is 17.9 Å². The van der Waals surface area contributed by atoms with Crippen LogP contribution in [0.1, 0.15) is 41.6 Å². The van der Waals surface area contributed by atoms with Crippen LogP contribution < -0.4 is 5.32 Å². The Kier molecular flexibility index (Phi) is 8.24. The van der Waals surface area contributed by atoms with E-state index in [0.717, 1.165) is 24.8 Å². The number of rotatable bonds is 5. The maximum atomic E-state index is 13.1. The van der Waals surface area contributed by atoms with E-state index in [2.05, 4.69) is 17.2 Å². The molecule has 2 saturated heterocycles. The Bertz CT molecular complexity index is 1190. The second-order valence-corrected chi connectivity index (χ2v) is 9.59. The molecule has 2 aliphatic heterocycles. The fourth-order valence-electron chi connectivity index (χ4n) is 4.94. The Morgan fingerprint density at radius 1 is 0.919 bits per heavy atom. The zero-order chi connectivity index (χ0) is 26.3. The molecule has 0 aromatic heterocycles. The number of carbonyl (C=O) groups is 4. The number of hydrogen-bond acceptors (Lipinski definition) is 5. The summed E-state index contributed by atoms with van der Waals surface area (Å²) in [5, 5.41) is 2.63. The highest BCUT2D eigenvalue weighted by Crippen LogP contribution is 2.40. The minimum absolute atomic E-state index is 0.0483. The Labute approximate surface area is 217 Å². The number of esters is 1. The highest BCUT2D eigenvalue weighted by atomic mass is 16.5. The van der Waals surface area contributed by atoms with Gasteiger partial charge in [-0.25, -0.2) is 4.79 Å². The SMILES string of the molecule is COC(=O)[C@H](CC(=O)N1CCC2(CCN(C(=O)C#Cc3ccccc3)CC2)C1)NC(=O)c1ccccc1. The van der Waals surface area contributed by atoms with Crippen molar-refractivity contribution >= 4 is 23.7 Å². The number of ether oxygens (including phenoxy) is 1. The van der Waals surface area contributed by atoms with Crippen LogP contribution in [0.4, 0.5) is 0 Å². The Balaban J connectivity index is 1.30. The van der Waals surface area contributed by atoms with Crippen LogP contribution in [0.5, 0.6) is 0 Å². The molecule has 0 saturated carbocycles. The van der Waals surface area contributed by atoms with E-state index in [4.69, 9.17) is 4.74 Å². The van der Waals surface area contributed by atoms with Crippen molar-refractivity contribution in [1.82, 2.24) is 15.1 Å². The van der Waals surface area contributed by atoms with Gasteiger partial charge in [0.05, 0.1) is 13.5 Å². The molecule has 8 nitrogen and oxygen atoms in total. The number of benzene rings is 2. The number of piperidine rings is 1. The van der Waals surface area contributed by atoms with Crippen LogP contribution in [0.2, 0.25) is 0 Å². The first-order valence-electron chi connectivity index (χ1n) is 12.5. The smallest absolute Gasteiger partial charge is 0.328 e. The number of amides is 3. The third-order valence-corrected chi connectivity index (χ3v) is 7.20. The van der Waals surface area contributed by atoms with Gasteiger partial charge >= 0.3 is 5.97 Å². The molecule has 1 N–H and O–H groups in total. The zero-order valence-electron chi connectivity index (χ0n) is 20.9. The van der Waals surface area contributed by atoms with Crippen LogP contribution in [-0.2, 0) is 19.1 Å². The van der Waals surface area contributed by atoms with Gasteiger partial charge in [-0.2, -0.15) is 0 Å². The molecule has 0 unspecified atom stereocenters. The third kappa shape index (κ3) is 6.56. The summed E-state index contributed by atoms with van der Waals surface area (Å²) in [5.74, 6) is 4.18. The van der Waals surface area contributed by atoms with Gasteiger partial charge in [0.15, 0.2) is 0 Å². The standard InChI is InChI=1S/C29H31N3O5/c1-37-28(36)24(30-27(35)23-10-6-3-7-11-23)20-26(34)32-19-16-29(21-32)14-17-31(18-15-29)25(33)13-12-22-8-4-2-5-9-22/h2-11,24H,14-21H2,1H3,(H,30,35)/t24-/m0/s1. The molecular weight excluding hydrogens is 470 g/mol. The Morgan fingerprint density at radius 3 is 2.14 bits per heavy atom. The molecule has 37 heavy (non-hydrogen) atoms. The van der Waals surface area contributed by atoms with E-state index in [9.17, 15) is 19.2 Å². The first-order valence-corrected chi connectivity index (χ1v) is 12.5. The number of hydrogen-bond donors (Lipinski definition) is 1. The van der Waals surface area contributed by atoms with E-state index in [1.165, 1.54) is 7.11 Å². The number of nitrogens with zero attached hydrogens (tertiary/aromatic N) is 2. The minimum Gasteiger partial charge on any atom is -0.467 e. The van der Waals surface area contributed by atoms with E-state index in [1.807, 2.05) is 30.3 Å². The van der Waals surface area contributed by atoms with Crippen molar-refractivity contribution in [3.05, 3.63) is 71.8 Å². The van der Waals surface area contributed by atoms with Gasteiger partial charge in [0.1, 0.15) is 6.04 Å². The van der Waals surface area contributed by atoms with Crippen molar-refractivity contribution in [1.29, 1.82) is 0 Å². The molecule has 8 heteroatoms. The number of likely N-dealkylation sites (tertiary alicyclic amines) is 2. The average molecular weight is 502 g/mol. The fourth-order valence-corrected chi connectivity index (χ4v) is 4.94. The maximum absolute atomic E-state index is 13.1. The summed E-state index contributed by atoms with van der Waals surface area (Å²) in [5.41, 5.74) is 1.16. The molecule has 192 valence electrons. The van der Waals surface area contributed by atoms with Crippen molar-refractivity contribution in [2.45, 2.75) is 31.7 Å². The Hall–Kier alpha value is -4.12. The van der Waals surface area contributed by atoms with Gasteiger partial charge in [-0.05, 0) is 48.9 Å². The first-order chi connectivity index (χ1) is 17.9. The zero-order valence-corrected chi connectivity index (χ0v) is 20.9. The van der Waals surface area contributed by atoms with Gasteiger partial charge < -0.3 is 19.9 Å². The average Bonchev–Trinajstić information content (AvgIpc) is 3.35. The molecule has 0 aliphatic carbocycles. The molecule has 2 aromatic rings. The van der Waals surface area contributed by atoms with Gasteiger partial charge in [0, 0.05) is 43.2 Å². The summed E-state index contributed by atoms with van der Waals surface area (Å²) >= 11 is 0.